The summed E-state index contributed by atoms with van der Waals surface area (Å²) in [6.07, 6.45) is 6.38. The Morgan fingerprint density at radius 3 is 2.61 bits per heavy atom. The number of aromatic nitrogens is 3. The second-order valence-corrected chi connectivity index (χ2v) is 10.5. The van der Waals surface area contributed by atoms with Gasteiger partial charge in [0, 0.05) is 36.8 Å². The van der Waals surface area contributed by atoms with E-state index in [0.717, 1.165) is 43.6 Å². The van der Waals surface area contributed by atoms with Crippen LogP contribution in [0.1, 0.15) is 66.1 Å². The second-order valence-electron chi connectivity index (χ2n) is 10.5. The van der Waals surface area contributed by atoms with Crippen molar-refractivity contribution in [3.63, 3.8) is 0 Å². The summed E-state index contributed by atoms with van der Waals surface area (Å²) in [5.41, 5.74) is 2.98. The fraction of sp³-hybridized carbons (Fsp3) is 0.367. The minimum Gasteiger partial charge on any atom is -0.618 e. The third-order valence-electron chi connectivity index (χ3n) is 8.29. The summed E-state index contributed by atoms with van der Waals surface area (Å²) >= 11 is 0. The standard InChI is InChI=1S/C30H32FN5O2/c1-20-32-27-9-2-3-10-28(27)36(20)25-18-23-12-13-24(19-25)34(23)16-14-26(21-7-6-8-22(31)17-21)33-30(37)29-11-4-5-15-35(29)38/h2-11,15,17,23-26H,12-14,16,18-19H2,1H3,(H,33,37)/t23-,24+,25?,26-/m0/s1. The van der Waals surface area contributed by atoms with E-state index >= 15 is 0 Å². The molecular weight excluding hydrogens is 481 g/mol. The highest BCUT2D eigenvalue weighted by atomic mass is 19.1. The Hall–Kier alpha value is -3.78. The molecular formula is C30H32FN5O2. The molecule has 0 spiro atoms. The van der Waals surface area contributed by atoms with Gasteiger partial charge < -0.3 is 15.1 Å². The zero-order chi connectivity index (χ0) is 26.2. The monoisotopic (exact) mass is 513 g/mol. The third-order valence-corrected chi connectivity index (χ3v) is 8.29. The quantitative estimate of drug-likeness (QED) is 0.283. The number of piperidine rings is 1. The van der Waals surface area contributed by atoms with Gasteiger partial charge >= 0.3 is 5.91 Å². The molecule has 196 valence electrons. The molecule has 1 amide bonds. The maximum absolute atomic E-state index is 14.1. The molecule has 2 aliphatic heterocycles. The normalized spacial score (nSPS) is 22.0. The van der Waals surface area contributed by atoms with Crippen molar-refractivity contribution in [3.8, 4) is 0 Å². The zero-order valence-electron chi connectivity index (χ0n) is 21.5. The van der Waals surface area contributed by atoms with E-state index in [1.165, 1.54) is 29.9 Å². The van der Waals surface area contributed by atoms with Gasteiger partial charge in [-0.3, -0.25) is 9.69 Å². The van der Waals surface area contributed by atoms with Crippen LogP contribution in [-0.2, 0) is 0 Å². The van der Waals surface area contributed by atoms with E-state index in [0.29, 0.717) is 34.8 Å². The second kappa shape index (κ2) is 10.2. The predicted octanol–water partition coefficient (Wildman–Crippen LogP) is 4.85. The Morgan fingerprint density at radius 2 is 1.84 bits per heavy atom. The minimum atomic E-state index is -0.459. The number of imidazole rings is 1. The fourth-order valence-electron chi connectivity index (χ4n) is 6.61. The first kappa shape index (κ1) is 24.6. The van der Waals surface area contributed by atoms with Crippen LogP contribution in [0.25, 0.3) is 11.0 Å². The van der Waals surface area contributed by atoms with Crippen LogP contribution >= 0.6 is 0 Å². The number of halogens is 1. The highest BCUT2D eigenvalue weighted by Crippen LogP contribution is 2.42. The highest BCUT2D eigenvalue weighted by molar-refractivity contribution is 5.91. The number of pyridine rings is 1. The molecule has 38 heavy (non-hydrogen) atoms. The average Bonchev–Trinajstić information content (AvgIpc) is 3.37. The molecule has 2 aromatic heterocycles. The number of hydrogen-bond donors (Lipinski definition) is 1. The van der Waals surface area contributed by atoms with Gasteiger partial charge in [-0.1, -0.05) is 24.3 Å². The maximum atomic E-state index is 14.1. The molecule has 2 fully saturated rings. The first-order valence-corrected chi connectivity index (χ1v) is 13.4. The molecule has 4 aromatic rings. The summed E-state index contributed by atoms with van der Waals surface area (Å²) in [5.74, 6) is 0.262. The predicted molar refractivity (Wildman–Crippen MR) is 143 cm³/mol. The summed E-state index contributed by atoms with van der Waals surface area (Å²) in [5, 5.41) is 15.1. The van der Waals surface area contributed by atoms with Gasteiger partial charge in [0.2, 0.25) is 0 Å². The first-order chi connectivity index (χ1) is 18.5. The van der Waals surface area contributed by atoms with Crippen LogP contribution in [0.15, 0.2) is 72.9 Å². The Morgan fingerprint density at radius 1 is 1.08 bits per heavy atom. The average molecular weight is 514 g/mol. The van der Waals surface area contributed by atoms with Crippen molar-refractivity contribution in [2.75, 3.05) is 6.54 Å². The van der Waals surface area contributed by atoms with E-state index in [-0.39, 0.29) is 11.5 Å². The van der Waals surface area contributed by atoms with Gasteiger partial charge in [-0.15, -0.1) is 0 Å². The van der Waals surface area contributed by atoms with Crippen molar-refractivity contribution >= 4 is 16.9 Å². The van der Waals surface area contributed by atoms with Gasteiger partial charge in [-0.2, -0.15) is 4.73 Å². The van der Waals surface area contributed by atoms with Crippen LogP contribution in [0.2, 0.25) is 0 Å². The molecule has 0 radical (unpaired) electrons. The van der Waals surface area contributed by atoms with Crippen molar-refractivity contribution in [2.24, 2.45) is 0 Å². The number of fused-ring (bicyclic) bond motifs is 3. The Balaban J connectivity index is 1.19. The van der Waals surface area contributed by atoms with Gasteiger partial charge in [0.1, 0.15) is 11.6 Å². The smallest absolute Gasteiger partial charge is 0.317 e. The molecule has 2 bridgehead atoms. The lowest BCUT2D eigenvalue weighted by molar-refractivity contribution is -0.607. The highest BCUT2D eigenvalue weighted by Gasteiger charge is 2.41. The number of carbonyl (C=O) groups is 1. The van der Waals surface area contributed by atoms with Crippen LogP contribution in [0.4, 0.5) is 4.39 Å². The molecule has 4 heterocycles. The number of carbonyl (C=O) groups excluding carboxylic acids is 1. The topological polar surface area (TPSA) is 77.1 Å². The molecule has 2 aliphatic rings. The number of benzene rings is 2. The first-order valence-electron chi connectivity index (χ1n) is 13.4. The van der Waals surface area contributed by atoms with Crippen molar-refractivity contribution < 1.29 is 13.9 Å². The van der Waals surface area contributed by atoms with Crippen molar-refractivity contribution in [1.29, 1.82) is 0 Å². The van der Waals surface area contributed by atoms with Crippen molar-refractivity contribution in [1.82, 2.24) is 19.8 Å². The summed E-state index contributed by atoms with van der Waals surface area (Å²) in [7, 11) is 0. The van der Waals surface area contributed by atoms with Crippen LogP contribution in [-0.4, -0.2) is 39.0 Å². The van der Waals surface area contributed by atoms with E-state index < -0.39 is 11.9 Å². The molecule has 0 aliphatic carbocycles. The number of para-hydroxylation sites is 2. The van der Waals surface area contributed by atoms with E-state index in [1.807, 2.05) is 12.1 Å². The van der Waals surface area contributed by atoms with E-state index in [4.69, 9.17) is 4.98 Å². The molecule has 8 heteroatoms. The molecule has 0 saturated carbocycles. The van der Waals surface area contributed by atoms with Crippen LogP contribution in [0.5, 0.6) is 0 Å². The van der Waals surface area contributed by atoms with Crippen LogP contribution in [0, 0.1) is 17.9 Å². The largest absolute Gasteiger partial charge is 0.618 e. The zero-order valence-corrected chi connectivity index (χ0v) is 21.5. The Kier molecular flexibility index (Phi) is 6.57. The number of nitrogens with one attached hydrogen (secondary N) is 1. The number of amides is 1. The lowest BCUT2D eigenvalue weighted by Crippen LogP contribution is -2.45. The molecule has 2 saturated heterocycles. The molecule has 4 atom stereocenters. The maximum Gasteiger partial charge on any atom is 0.317 e. The molecule has 7 nitrogen and oxygen atoms in total. The summed E-state index contributed by atoms with van der Waals surface area (Å²) in [6.45, 7) is 2.89. The number of nitrogens with zero attached hydrogens (tertiary/aromatic N) is 4. The van der Waals surface area contributed by atoms with Crippen molar-refractivity contribution in [2.45, 2.75) is 63.2 Å². The summed E-state index contributed by atoms with van der Waals surface area (Å²) in [4.78, 5) is 20.4. The van der Waals surface area contributed by atoms with Gasteiger partial charge in [-0.05, 0) is 74.9 Å². The fourth-order valence-corrected chi connectivity index (χ4v) is 6.61. The number of rotatable bonds is 7. The molecule has 1 N–H and O–H groups in total. The van der Waals surface area contributed by atoms with Gasteiger partial charge in [-0.25, -0.2) is 9.37 Å². The van der Waals surface area contributed by atoms with Gasteiger partial charge in [0.25, 0.3) is 5.69 Å². The van der Waals surface area contributed by atoms with Crippen molar-refractivity contribution in [3.05, 3.63) is 101 Å². The van der Waals surface area contributed by atoms with Gasteiger partial charge in [0.15, 0.2) is 6.20 Å². The Labute approximate surface area is 221 Å². The SMILES string of the molecule is Cc1nc2ccccc2n1C1C[C@H]2CC[C@@H](C1)N2CC[C@H](NC(=O)c1cccc[n+]1[O-])c1cccc(F)c1. The Bertz CT molecular complexity index is 1460. The van der Waals surface area contributed by atoms with E-state index in [2.05, 4.69) is 39.9 Å². The minimum absolute atomic E-state index is 0.0257. The van der Waals surface area contributed by atoms with Gasteiger partial charge in [0.05, 0.1) is 17.1 Å². The van der Waals surface area contributed by atoms with E-state index in [1.54, 1.807) is 18.2 Å². The van der Waals surface area contributed by atoms with Crippen LogP contribution < -0.4 is 10.0 Å². The molecule has 2 aromatic carbocycles. The number of aryl methyl sites for hydroxylation is 1. The summed E-state index contributed by atoms with van der Waals surface area (Å²) < 4.78 is 17.1. The lowest BCUT2D eigenvalue weighted by Gasteiger charge is -2.40. The molecule has 1 unspecified atom stereocenters. The molecule has 6 rings (SSSR count). The van der Waals surface area contributed by atoms with Crippen LogP contribution in [0.3, 0.4) is 0 Å². The third kappa shape index (κ3) is 4.65. The number of hydrogen-bond acceptors (Lipinski definition) is 4. The van der Waals surface area contributed by atoms with E-state index in [9.17, 15) is 14.4 Å². The summed E-state index contributed by atoms with van der Waals surface area (Å²) in [6, 6.07) is 20.4. The lowest BCUT2D eigenvalue weighted by atomic mass is 9.95.